The lowest BCUT2D eigenvalue weighted by Crippen LogP contribution is -2.01. The van der Waals surface area contributed by atoms with E-state index in [1.54, 1.807) is 0 Å². The van der Waals surface area contributed by atoms with E-state index in [0.29, 0.717) is 13.2 Å². The molecule has 0 aromatic heterocycles. The second-order valence-electron chi connectivity index (χ2n) is 3.45. The van der Waals surface area contributed by atoms with Crippen molar-refractivity contribution in [2.75, 3.05) is 13.2 Å². The molecule has 0 aromatic carbocycles. The molecular weight excluding hydrogens is 232 g/mol. The highest BCUT2D eigenvalue weighted by molar-refractivity contribution is 5.81. The third-order valence-corrected chi connectivity index (χ3v) is 1.77. The van der Waals surface area contributed by atoms with Gasteiger partial charge in [-0.05, 0) is 12.8 Å². The van der Waals surface area contributed by atoms with E-state index in [9.17, 15) is 9.59 Å². The van der Waals surface area contributed by atoms with Crippen molar-refractivity contribution in [2.45, 2.75) is 39.5 Å². The van der Waals surface area contributed by atoms with E-state index < -0.39 is 0 Å². The first-order chi connectivity index (χ1) is 8.62. The summed E-state index contributed by atoms with van der Waals surface area (Å²) in [4.78, 5) is 20.7. The summed E-state index contributed by atoms with van der Waals surface area (Å²) in [6.45, 7) is 11.6. The number of unbranched alkanes of at least 4 members (excludes halogenated alkanes) is 2. The molecule has 0 rings (SSSR count). The number of rotatable bonds is 8. The van der Waals surface area contributed by atoms with E-state index in [0.717, 1.165) is 31.8 Å². The van der Waals surface area contributed by atoms with Crippen LogP contribution in [-0.4, -0.2) is 25.2 Å². The first kappa shape index (κ1) is 18.8. The van der Waals surface area contributed by atoms with Crippen LogP contribution in [0.1, 0.15) is 39.5 Å². The highest BCUT2D eigenvalue weighted by Gasteiger charge is 1.92. The van der Waals surface area contributed by atoms with Crippen LogP contribution in [0.25, 0.3) is 0 Å². The van der Waals surface area contributed by atoms with Gasteiger partial charge in [-0.3, -0.25) is 0 Å². The van der Waals surface area contributed by atoms with Crippen molar-refractivity contribution >= 4 is 11.9 Å². The van der Waals surface area contributed by atoms with Crippen LogP contribution in [0.15, 0.2) is 25.3 Å². The molecule has 0 aliphatic carbocycles. The van der Waals surface area contributed by atoms with Gasteiger partial charge in [-0.25, -0.2) is 9.59 Å². The van der Waals surface area contributed by atoms with Crippen molar-refractivity contribution in [1.29, 1.82) is 0 Å². The Morgan fingerprint density at radius 2 is 1.39 bits per heavy atom. The first-order valence-corrected chi connectivity index (χ1v) is 6.20. The van der Waals surface area contributed by atoms with Crippen LogP contribution in [0.3, 0.4) is 0 Å². The molecule has 0 heterocycles. The summed E-state index contributed by atoms with van der Waals surface area (Å²) >= 11 is 0. The van der Waals surface area contributed by atoms with Crippen molar-refractivity contribution in [1.82, 2.24) is 0 Å². The summed E-state index contributed by atoms with van der Waals surface area (Å²) in [6.07, 6.45) is 6.42. The van der Waals surface area contributed by atoms with Crippen molar-refractivity contribution in [2.24, 2.45) is 0 Å². The Labute approximate surface area is 110 Å². The summed E-state index contributed by atoms with van der Waals surface area (Å²) < 4.78 is 9.32. The fraction of sp³-hybridized carbons (Fsp3) is 0.571. The van der Waals surface area contributed by atoms with Gasteiger partial charge in [-0.1, -0.05) is 39.8 Å². The predicted molar refractivity (Wildman–Crippen MR) is 72.1 cm³/mol. The number of hydrogen-bond acceptors (Lipinski definition) is 4. The van der Waals surface area contributed by atoms with Gasteiger partial charge in [0, 0.05) is 12.2 Å². The minimum atomic E-state index is -0.341. The Balaban J connectivity index is 0. The SMILES string of the molecule is C=CC(=O)OCCC.C=CC(=O)OCCCCC. The lowest BCUT2D eigenvalue weighted by molar-refractivity contribution is -0.138. The van der Waals surface area contributed by atoms with E-state index >= 15 is 0 Å². The minimum Gasteiger partial charge on any atom is -0.463 e. The average Bonchev–Trinajstić information content (AvgIpc) is 2.41. The number of esters is 2. The van der Waals surface area contributed by atoms with Gasteiger partial charge in [0.1, 0.15) is 0 Å². The Morgan fingerprint density at radius 1 is 0.889 bits per heavy atom. The van der Waals surface area contributed by atoms with Crippen LogP contribution >= 0.6 is 0 Å². The van der Waals surface area contributed by atoms with Crippen molar-refractivity contribution in [3.05, 3.63) is 25.3 Å². The summed E-state index contributed by atoms with van der Waals surface area (Å²) in [5, 5.41) is 0. The molecule has 0 amide bonds. The van der Waals surface area contributed by atoms with Crippen LogP contribution in [0, 0.1) is 0 Å². The van der Waals surface area contributed by atoms with Crippen LogP contribution < -0.4 is 0 Å². The van der Waals surface area contributed by atoms with Crippen molar-refractivity contribution in [3.8, 4) is 0 Å². The van der Waals surface area contributed by atoms with Crippen LogP contribution in [-0.2, 0) is 19.1 Å². The second-order valence-corrected chi connectivity index (χ2v) is 3.45. The van der Waals surface area contributed by atoms with Gasteiger partial charge < -0.3 is 9.47 Å². The van der Waals surface area contributed by atoms with Crippen LogP contribution in [0.2, 0.25) is 0 Å². The van der Waals surface area contributed by atoms with E-state index in [2.05, 4.69) is 24.8 Å². The highest BCUT2D eigenvalue weighted by atomic mass is 16.5. The zero-order chi connectivity index (χ0) is 14.2. The maximum absolute atomic E-state index is 10.4. The quantitative estimate of drug-likeness (QED) is 0.380. The third kappa shape index (κ3) is 16.8. The summed E-state index contributed by atoms with van der Waals surface area (Å²) in [5.41, 5.74) is 0. The standard InChI is InChI=1S/C8H14O2.C6H10O2/c1-3-5-6-7-10-8(9)4-2;1-3-5-8-6(7)4-2/h4H,2-3,5-7H2,1H3;4H,2-3,5H2,1H3. The van der Waals surface area contributed by atoms with Gasteiger partial charge in [0.25, 0.3) is 0 Å². The van der Waals surface area contributed by atoms with Gasteiger partial charge in [0.2, 0.25) is 0 Å². The minimum absolute atomic E-state index is 0.323. The number of carbonyl (C=O) groups is 2. The van der Waals surface area contributed by atoms with Gasteiger partial charge >= 0.3 is 11.9 Å². The zero-order valence-electron chi connectivity index (χ0n) is 11.4. The number of carbonyl (C=O) groups excluding carboxylic acids is 2. The summed E-state index contributed by atoms with van der Waals surface area (Å²) in [6, 6.07) is 0. The average molecular weight is 256 g/mol. The Bertz CT molecular complexity index is 246. The highest BCUT2D eigenvalue weighted by Crippen LogP contribution is 1.94. The molecule has 0 bridgehead atoms. The molecule has 0 N–H and O–H groups in total. The van der Waals surface area contributed by atoms with E-state index in [-0.39, 0.29) is 11.9 Å². The fourth-order valence-corrected chi connectivity index (χ4v) is 0.845. The third-order valence-electron chi connectivity index (χ3n) is 1.77. The maximum atomic E-state index is 10.4. The molecule has 0 aliphatic rings. The van der Waals surface area contributed by atoms with Gasteiger partial charge in [0.15, 0.2) is 0 Å². The Morgan fingerprint density at radius 3 is 1.78 bits per heavy atom. The molecule has 0 atom stereocenters. The molecule has 0 spiro atoms. The predicted octanol–water partition coefficient (Wildman–Crippen LogP) is 3.03. The molecule has 0 unspecified atom stereocenters. The van der Waals surface area contributed by atoms with Gasteiger partial charge in [-0.2, -0.15) is 0 Å². The molecule has 0 fully saturated rings. The monoisotopic (exact) mass is 256 g/mol. The fourth-order valence-electron chi connectivity index (χ4n) is 0.845. The second kappa shape index (κ2) is 15.4. The topological polar surface area (TPSA) is 52.6 Å². The lowest BCUT2D eigenvalue weighted by atomic mass is 10.3. The van der Waals surface area contributed by atoms with Gasteiger partial charge in [-0.15, -0.1) is 0 Å². The Hall–Kier alpha value is -1.58. The maximum Gasteiger partial charge on any atom is 0.330 e. The normalized spacial score (nSPS) is 8.56. The van der Waals surface area contributed by atoms with E-state index in [4.69, 9.17) is 4.74 Å². The molecule has 104 valence electrons. The smallest absolute Gasteiger partial charge is 0.330 e. The van der Waals surface area contributed by atoms with E-state index in [1.807, 2.05) is 6.92 Å². The molecule has 0 saturated heterocycles. The van der Waals surface area contributed by atoms with Crippen molar-refractivity contribution in [3.63, 3.8) is 0 Å². The Kier molecular flexibility index (Phi) is 16.1. The number of ether oxygens (including phenoxy) is 2. The van der Waals surface area contributed by atoms with Crippen LogP contribution in [0.5, 0.6) is 0 Å². The molecule has 0 saturated carbocycles. The molecule has 0 aliphatic heterocycles. The van der Waals surface area contributed by atoms with Gasteiger partial charge in [0.05, 0.1) is 13.2 Å². The summed E-state index contributed by atoms with van der Waals surface area (Å²) in [5.74, 6) is -0.664. The molecule has 4 heteroatoms. The molecule has 0 radical (unpaired) electrons. The molecular formula is C14H24O4. The van der Waals surface area contributed by atoms with Crippen LogP contribution in [0.4, 0.5) is 0 Å². The first-order valence-electron chi connectivity index (χ1n) is 6.20. The largest absolute Gasteiger partial charge is 0.463 e. The number of hydrogen-bond donors (Lipinski definition) is 0. The van der Waals surface area contributed by atoms with E-state index in [1.165, 1.54) is 6.08 Å². The van der Waals surface area contributed by atoms with Crippen molar-refractivity contribution < 1.29 is 19.1 Å². The molecule has 18 heavy (non-hydrogen) atoms. The zero-order valence-corrected chi connectivity index (χ0v) is 11.4. The lowest BCUT2D eigenvalue weighted by Gasteiger charge is -1.98. The molecule has 4 nitrogen and oxygen atoms in total. The summed E-state index contributed by atoms with van der Waals surface area (Å²) in [7, 11) is 0. The molecule has 0 aromatic rings.